The summed E-state index contributed by atoms with van der Waals surface area (Å²) < 4.78 is 34.0. The number of hydrogen-bond acceptors (Lipinski definition) is 6. The van der Waals surface area contributed by atoms with Gasteiger partial charge in [-0.2, -0.15) is 0 Å². The van der Waals surface area contributed by atoms with Gasteiger partial charge in [0.15, 0.2) is 0 Å². The Balaban J connectivity index is 2.95. The van der Waals surface area contributed by atoms with E-state index in [4.69, 9.17) is 42.8 Å². The van der Waals surface area contributed by atoms with Gasteiger partial charge in [-0.25, -0.2) is 0 Å². The molecule has 1 rings (SSSR count). The summed E-state index contributed by atoms with van der Waals surface area (Å²) in [6.07, 6.45) is -0.0966. The first-order valence-electron chi connectivity index (χ1n) is 7.79. The molecule has 0 spiro atoms. The third-order valence-electron chi connectivity index (χ3n) is 3.51. The van der Waals surface area contributed by atoms with Gasteiger partial charge in [-0.05, 0) is 0 Å². The van der Waals surface area contributed by atoms with Crippen molar-refractivity contribution in [3.05, 3.63) is 0 Å². The van der Waals surface area contributed by atoms with Gasteiger partial charge in [0.2, 0.25) is 0 Å². The molecule has 0 bridgehead atoms. The van der Waals surface area contributed by atoms with E-state index in [1.54, 1.807) is 0 Å². The summed E-state index contributed by atoms with van der Waals surface area (Å²) in [7, 11) is 12.8. The van der Waals surface area contributed by atoms with Crippen LogP contribution in [-0.4, -0.2) is 72.4 Å². The van der Waals surface area contributed by atoms with Crippen molar-refractivity contribution in [2.24, 2.45) is 0 Å². The molecule has 0 amide bonds. The second-order valence-electron chi connectivity index (χ2n) is 5.83. The quantitative estimate of drug-likeness (QED) is 0.276. The van der Waals surface area contributed by atoms with Crippen LogP contribution in [0.2, 0.25) is 0 Å². The van der Waals surface area contributed by atoms with Gasteiger partial charge in [-0.3, -0.25) is 0 Å². The summed E-state index contributed by atoms with van der Waals surface area (Å²) in [6.45, 7) is 6.77. The van der Waals surface area contributed by atoms with E-state index in [0.29, 0.717) is 13.2 Å². The third kappa shape index (κ3) is 6.91. The molecular weight excluding hydrogens is 317 g/mol. The van der Waals surface area contributed by atoms with E-state index in [0.717, 1.165) is 12.8 Å². The molecule has 0 aliphatic carbocycles. The molecule has 0 aromatic heterocycles. The zero-order valence-corrected chi connectivity index (χ0v) is 15.6. The van der Waals surface area contributed by atoms with Crippen LogP contribution >= 0.6 is 7.34 Å². The first-order chi connectivity index (χ1) is 10.8. The van der Waals surface area contributed by atoms with Crippen molar-refractivity contribution in [3.8, 4) is 0 Å². The fourth-order valence-electron chi connectivity index (χ4n) is 2.39. The molecule has 0 aromatic carbocycles. The van der Waals surface area contributed by atoms with Gasteiger partial charge in [0.1, 0.15) is 0 Å². The Morgan fingerprint density at radius 3 is 2.48 bits per heavy atom. The molecule has 1 fully saturated rings. The Morgan fingerprint density at radius 1 is 1.30 bits per heavy atom. The van der Waals surface area contributed by atoms with Gasteiger partial charge in [-0.1, -0.05) is 0 Å². The summed E-state index contributed by atoms with van der Waals surface area (Å²) in [4.78, 5) is 0. The maximum atomic E-state index is 6.03. The van der Waals surface area contributed by atoms with Gasteiger partial charge < -0.3 is 0 Å². The normalized spacial score (nSPS) is 26.3. The minimum absolute atomic E-state index is 0.317. The predicted molar refractivity (Wildman–Crippen MR) is 90.7 cm³/mol. The van der Waals surface area contributed by atoms with Crippen LogP contribution in [0.4, 0.5) is 0 Å². The molecule has 0 saturated carbocycles. The third-order valence-corrected chi connectivity index (χ3v) is 4.00. The Bertz CT molecular complexity index is 410. The van der Waals surface area contributed by atoms with Crippen LogP contribution in [0, 0.1) is 0 Å². The van der Waals surface area contributed by atoms with E-state index in [1.165, 1.54) is 14.2 Å². The van der Waals surface area contributed by atoms with Crippen molar-refractivity contribution in [2.75, 3.05) is 27.4 Å². The molecule has 0 N–H and O–H groups in total. The Kier molecular flexibility index (Phi) is 9.46. The van der Waals surface area contributed by atoms with Gasteiger partial charge in [0.05, 0.1) is 0 Å². The van der Waals surface area contributed by atoms with E-state index < -0.39 is 31.6 Å². The van der Waals surface area contributed by atoms with E-state index in [1.807, 2.05) is 13.8 Å². The second-order valence-corrected chi connectivity index (χ2v) is 6.76. The predicted octanol–water partition coefficient (Wildman–Crippen LogP) is 1.89. The van der Waals surface area contributed by atoms with Crippen LogP contribution in [0.15, 0.2) is 0 Å². The monoisotopic (exact) mass is 344 g/mol. The molecule has 4 atom stereocenters. The molecular formula is C14H27B2O6P. The van der Waals surface area contributed by atoms with Crippen LogP contribution in [0.5, 0.6) is 0 Å². The van der Waals surface area contributed by atoms with Crippen LogP contribution < -0.4 is 0 Å². The van der Waals surface area contributed by atoms with E-state index >= 15 is 0 Å². The first kappa shape index (κ1) is 21.2. The zero-order valence-electron chi connectivity index (χ0n) is 14.7. The summed E-state index contributed by atoms with van der Waals surface area (Å²) in [5.74, 6) is -0.769. The average Bonchev–Trinajstić information content (AvgIpc) is 2.48. The van der Waals surface area contributed by atoms with Crippen molar-refractivity contribution in [1.29, 1.82) is 0 Å². The number of rotatable bonds is 9. The number of hydrogen-bond donors (Lipinski definition) is 0. The van der Waals surface area contributed by atoms with Crippen LogP contribution in [0.1, 0.15) is 33.6 Å². The van der Waals surface area contributed by atoms with E-state index in [2.05, 4.69) is 6.92 Å². The summed E-state index contributed by atoms with van der Waals surface area (Å²) in [5.41, 5.74) is 0. The number of unbranched alkanes of at least 4 members (excludes halogenated alkanes) is 1. The van der Waals surface area contributed by atoms with Crippen molar-refractivity contribution in [3.63, 3.8) is 0 Å². The van der Waals surface area contributed by atoms with Crippen LogP contribution in [-0.2, 0) is 28.2 Å². The maximum absolute atomic E-state index is 6.03. The minimum atomic E-state index is -1.61. The van der Waals surface area contributed by atoms with Crippen molar-refractivity contribution in [2.45, 2.75) is 64.0 Å². The molecule has 1 aliphatic rings. The Labute approximate surface area is 142 Å². The molecule has 23 heavy (non-hydrogen) atoms. The van der Waals surface area contributed by atoms with Crippen molar-refractivity contribution in [1.82, 2.24) is 0 Å². The van der Waals surface area contributed by atoms with Gasteiger partial charge in [0, 0.05) is 0 Å². The second kappa shape index (κ2) is 10.2. The topological polar surface area (TPSA) is 55.4 Å². The Hall–Kier alpha value is 0.190. The molecule has 9 heteroatoms. The average molecular weight is 344 g/mol. The molecule has 1 unspecified atom stereocenters. The summed E-state index contributed by atoms with van der Waals surface area (Å²) in [5, 5.41) is 0. The fraction of sp³-hybridized carbons (Fsp3) is 1.00. The van der Waals surface area contributed by atoms with Gasteiger partial charge in [-0.15, -0.1) is 0 Å². The number of ether oxygens (including phenoxy) is 5. The van der Waals surface area contributed by atoms with Crippen LogP contribution in [0.25, 0.3) is 0 Å². The number of methoxy groups -OCH3 is 2. The molecule has 6 nitrogen and oxygen atoms in total. The zero-order chi connectivity index (χ0) is 17.5. The fourth-order valence-corrected chi connectivity index (χ4v) is 2.89. The van der Waals surface area contributed by atoms with Crippen molar-refractivity contribution >= 4 is 21.9 Å². The molecule has 1 heterocycles. The molecule has 1 aliphatic heterocycles. The Morgan fingerprint density at radius 2 is 1.96 bits per heavy atom. The van der Waals surface area contributed by atoms with Gasteiger partial charge in [0.25, 0.3) is 0 Å². The van der Waals surface area contributed by atoms with Crippen molar-refractivity contribution < 1.29 is 28.2 Å². The standard InChI is InChI=1S/C14H27B2O6P/c1-6-7-8-19-10-9-20-14(2,3)21-11(10)12(22-23(15)16)13(17-4)18-5/h10-13H,6-9H2,1-5H3/t10-,11+,12+/m0/s1. The summed E-state index contributed by atoms with van der Waals surface area (Å²) in [6, 6.07) is 0. The van der Waals surface area contributed by atoms with Gasteiger partial charge >= 0.3 is 142 Å². The first-order valence-corrected chi connectivity index (χ1v) is 9.19. The van der Waals surface area contributed by atoms with E-state index in [-0.39, 0.29) is 6.10 Å². The SMILES string of the molecule is [B]P(#B)O[C@@H](C(OC)OC)[C@@H]1OC(C)(C)OC[C@@H]1OCCCC. The van der Waals surface area contributed by atoms with Crippen LogP contribution in [0.3, 0.4) is 0 Å². The molecule has 0 aromatic rings. The summed E-state index contributed by atoms with van der Waals surface area (Å²) >= 11 is 0. The molecule has 130 valence electrons. The molecule has 1 saturated heterocycles. The van der Waals surface area contributed by atoms with E-state index in [9.17, 15) is 0 Å². The molecule has 2 radical (unpaired) electrons.